The van der Waals surface area contributed by atoms with E-state index in [0.29, 0.717) is 5.75 Å². The number of rotatable bonds is 5. The van der Waals surface area contributed by atoms with Crippen molar-refractivity contribution in [3.8, 4) is 17.6 Å². The topological polar surface area (TPSA) is 45.0 Å². The first kappa shape index (κ1) is 15.0. The van der Waals surface area contributed by atoms with Gasteiger partial charge in [-0.3, -0.25) is 0 Å². The third-order valence-corrected chi connectivity index (χ3v) is 3.18. The van der Waals surface area contributed by atoms with E-state index >= 15 is 0 Å². The molecule has 0 aliphatic rings. The van der Waals surface area contributed by atoms with Crippen LogP contribution in [0.5, 0.6) is 11.5 Å². The molecule has 0 saturated heterocycles. The summed E-state index contributed by atoms with van der Waals surface area (Å²) < 4.78 is 19.6. The highest BCUT2D eigenvalue weighted by molar-refractivity contribution is 5.42. The van der Waals surface area contributed by atoms with Gasteiger partial charge in [0.1, 0.15) is 5.75 Å². The lowest BCUT2D eigenvalue weighted by molar-refractivity contribution is 0.430. The molecule has 1 N–H and O–H groups in total. The van der Waals surface area contributed by atoms with Crippen LogP contribution in [-0.4, -0.2) is 6.54 Å². The Morgan fingerprint density at radius 1 is 1.24 bits per heavy atom. The molecule has 0 spiro atoms. The second-order valence-electron chi connectivity index (χ2n) is 4.68. The molecule has 0 fully saturated rings. The molecule has 2 aromatic carbocycles. The van der Waals surface area contributed by atoms with Crippen molar-refractivity contribution >= 4 is 0 Å². The first-order valence-corrected chi connectivity index (χ1v) is 6.85. The minimum Gasteiger partial charge on any atom is -0.454 e. The summed E-state index contributed by atoms with van der Waals surface area (Å²) in [6.45, 7) is 4.89. The Labute approximate surface area is 124 Å². The summed E-state index contributed by atoms with van der Waals surface area (Å²) in [6, 6.07) is 13.7. The van der Waals surface area contributed by atoms with Crippen LogP contribution in [0.15, 0.2) is 42.5 Å². The van der Waals surface area contributed by atoms with Gasteiger partial charge in [0.25, 0.3) is 0 Å². The van der Waals surface area contributed by atoms with Crippen LogP contribution in [0.4, 0.5) is 4.39 Å². The summed E-state index contributed by atoms with van der Waals surface area (Å²) in [6.07, 6.45) is 0. The first-order valence-electron chi connectivity index (χ1n) is 6.85. The maximum Gasteiger partial charge on any atom is 0.167 e. The minimum absolute atomic E-state index is 0.104. The predicted octanol–water partition coefficient (Wildman–Crippen LogP) is 4.16. The molecule has 0 bridgehead atoms. The van der Waals surface area contributed by atoms with Gasteiger partial charge in [0.05, 0.1) is 11.6 Å². The molecule has 0 saturated carbocycles. The first-order chi connectivity index (χ1) is 10.2. The highest BCUT2D eigenvalue weighted by Crippen LogP contribution is 2.31. The number of hydrogen-bond acceptors (Lipinski definition) is 3. The van der Waals surface area contributed by atoms with E-state index in [1.165, 1.54) is 18.2 Å². The van der Waals surface area contributed by atoms with Crippen molar-refractivity contribution in [3.63, 3.8) is 0 Å². The van der Waals surface area contributed by atoms with Crippen molar-refractivity contribution in [3.05, 3.63) is 59.4 Å². The molecule has 3 nitrogen and oxygen atoms in total. The molecule has 0 heterocycles. The zero-order valence-corrected chi connectivity index (χ0v) is 12.1. The van der Waals surface area contributed by atoms with E-state index in [4.69, 9.17) is 10.00 Å². The van der Waals surface area contributed by atoms with E-state index in [0.717, 1.165) is 12.1 Å². The van der Waals surface area contributed by atoms with Crippen molar-refractivity contribution < 1.29 is 9.13 Å². The van der Waals surface area contributed by atoms with Crippen molar-refractivity contribution in [2.24, 2.45) is 0 Å². The Balaban J connectivity index is 2.30. The molecular weight excluding hydrogens is 267 g/mol. The third kappa shape index (κ3) is 3.59. The zero-order chi connectivity index (χ0) is 15.2. The number of ether oxygens (including phenoxy) is 1. The minimum atomic E-state index is -0.542. The van der Waals surface area contributed by atoms with Gasteiger partial charge in [-0.2, -0.15) is 5.26 Å². The predicted molar refractivity (Wildman–Crippen MR) is 79.7 cm³/mol. The lowest BCUT2D eigenvalue weighted by atomic mass is 10.1. The van der Waals surface area contributed by atoms with E-state index in [1.807, 2.05) is 38.1 Å². The molecule has 0 radical (unpaired) electrons. The summed E-state index contributed by atoms with van der Waals surface area (Å²) in [4.78, 5) is 0. The number of benzene rings is 2. The Kier molecular flexibility index (Phi) is 4.91. The number of nitrogens with one attached hydrogen (secondary N) is 1. The summed E-state index contributed by atoms with van der Waals surface area (Å²) in [7, 11) is 0. The largest absolute Gasteiger partial charge is 0.454 e. The summed E-state index contributed by atoms with van der Waals surface area (Å²) in [5.41, 5.74) is 1.23. The fraction of sp³-hybridized carbons (Fsp3) is 0.235. The standard InChI is InChI=1S/C17H17FN2O/c1-3-20-12(2)14-6-4-5-7-16(14)21-17-9-8-13(11-19)10-15(17)18/h4-10,12,20H,3H2,1-2H3. The van der Waals surface area contributed by atoms with Gasteiger partial charge < -0.3 is 10.1 Å². The normalized spacial score (nSPS) is 11.7. The van der Waals surface area contributed by atoms with Gasteiger partial charge in [-0.05, 0) is 37.7 Å². The summed E-state index contributed by atoms with van der Waals surface area (Å²) >= 11 is 0. The molecule has 0 aliphatic carbocycles. The molecule has 2 aromatic rings. The van der Waals surface area contributed by atoms with E-state index in [9.17, 15) is 4.39 Å². The Morgan fingerprint density at radius 3 is 2.67 bits per heavy atom. The second kappa shape index (κ2) is 6.87. The van der Waals surface area contributed by atoms with Crippen LogP contribution in [0.1, 0.15) is 31.0 Å². The number of halogens is 1. The third-order valence-electron chi connectivity index (χ3n) is 3.18. The molecule has 0 aromatic heterocycles. The maximum absolute atomic E-state index is 13.9. The SMILES string of the molecule is CCNC(C)c1ccccc1Oc1ccc(C#N)cc1F. The number of nitriles is 1. The quantitative estimate of drug-likeness (QED) is 0.896. The Bertz CT molecular complexity index is 664. The van der Waals surface area contributed by atoms with Gasteiger partial charge in [0.15, 0.2) is 11.6 Å². The van der Waals surface area contributed by atoms with Crippen molar-refractivity contribution in [2.45, 2.75) is 19.9 Å². The fourth-order valence-electron chi connectivity index (χ4n) is 2.12. The molecule has 1 unspecified atom stereocenters. The molecule has 0 aliphatic heterocycles. The van der Waals surface area contributed by atoms with Crippen molar-refractivity contribution in [2.75, 3.05) is 6.54 Å². The van der Waals surface area contributed by atoms with Crippen LogP contribution in [0, 0.1) is 17.1 Å². The molecule has 21 heavy (non-hydrogen) atoms. The van der Waals surface area contributed by atoms with Crippen molar-refractivity contribution in [1.29, 1.82) is 5.26 Å². The van der Waals surface area contributed by atoms with Gasteiger partial charge in [-0.1, -0.05) is 25.1 Å². The van der Waals surface area contributed by atoms with Crippen molar-refractivity contribution in [1.82, 2.24) is 5.32 Å². The molecule has 1 atom stereocenters. The lowest BCUT2D eigenvalue weighted by Crippen LogP contribution is -2.18. The molecule has 108 valence electrons. The Hall–Kier alpha value is -2.38. The summed E-state index contributed by atoms with van der Waals surface area (Å²) in [5.74, 6) is 0.180. The average molecular weight is 284 g/mol. The van der Waals surface area contributed by atoms with Gasteiger partial charge in [-0.25, -0.2) is 4.39 Å². The number of hydrogen-bond donors (Lipinski definition) is 1. The van der Waals surface area contributed by atoms with E-state index < -0.39 is 5.82 Å². The second-order valence-corrected chi connectivity index (χ2v) is 4.68. The monoisotopic (exact) mass is 284 g/mol. The maximum atomic E-state index is 13.9. The van der Waals surface area contributed by atoms with E-state index in [1.54, 1.807) is 6.07 Å². The number of para-hydroxylation sites is 1. The van der Waals surface area contributed by atoms with Crippen LogP contribution >= 0.6 is 0 Å². The van der Waals surface area contributed by atoms with Crippen LogP contribution in [-0.2, 0) is 0 Å². The summed E-state index contributed by atoms with van der Waals surface area (Å²) in [5, 5.41) is 12.1. The highest BCUT2D eigenvalue weighted by atomic mass is 19.1. The van der Waals surface area contributed by atoms with Gasteiger partial charge >= 0.3 is 0 Å². The fourth-order valence-corrected chi connectivity index (χ4v) is 2.12. The van der Waals surface area contributed by atoms with Gasteiger partial charge in [0.2, 0.25) is 0 Å². The van der Waals surface area contributed by atoms with Gasteiger partial charge in [-0.15, -0.1) is 0 Å². The van der Waals surface area contributed by atoms with Crippen LogP contribution in [0.25, 0.3) is 0 Å². The highest BCUT2D eigenvalue weighted by Gasteiger charge is 2.13. The zero-order valence-electron chi connectivity index (χ0n) is 12.1. The molecule has 4 heteroatoms. The van der Waals surface area contributed by atoms with Crippen LogP contribution in [0.3, 0.4) is 0 Å². The van der Waals surface area contributed by atoms with Crippen LogP contribution in [0.2, 0.25) is 0 Å². The smallest absolute Gasteiger partial charge is 0.167 e. The average Bonchev–Trinajstić information content (AvgIpc) is 2.50. The lowest BCUT2D eigenvalue weighted by Gasteiger charge is -2.17. The van der Waals surface area contributed by atoms with Crippen LogP contribution < -0.4 is 10.1 Å². The van der Waals surface area contributed by atoms with E-state index in [2.05, 4.69) is 5.32 Å². The molecule has 2 rings (SSSR count). The molecule has 0 amide bonds. The van der Waals surface area contributed by atoms with E-state index in [-0.39, 0.29) is 17.4 Å². The molecular formula is C17H17FN2O. The van der Waals surface area contributed by atoms with Gasteiger partial charge in [0, 0.05) is 11.6 Å². The number of nitrogens with zero attached hydrogens (tertiary/aromatic N) is 1. The Morgan fingerprint density at radius 2 is 2.00 bits per heavy atom.